The van der Waals surface area contributed by atoms with Gasteiger partial charge in [0.05, 0.1) is 38.1 Å². The van der Waals surface area contributed by atoms with E-state index in [1.807, 2.05) is 33.8 Å². The van der Waals surface area contributed by atoms with Crippen LogP contribution in [0.4, 0.5) is 20.5 Å². The number of benzene rings is 1. The van der Waals surface area contributed by atoms with E-state index >= 15 is 8.78 Å². The third-order valence-corrected chi connectivity index (χ3v) is 16.9. The maximum atomic E-state index is 15.6. The third kappa shape index (κ3) is 15.0. The summed E-state index contributed by atoms with van der Waals surface area (Å²) in [5.74, 6) is -1.82. The first-order chi connectivity index (χ1) is 37.2. The summed E-state index contributed by atoms with van der Waals surface area (Å²) >= 11 is 0. The molecule has 27 heteroatoms. The minimum absolute atomic E-state index is 0.0111. The average Bonchev–Trinajstić information content (AvgIpc) is 4.34. The monoisotopic (exact) mass is 1120 g/mol. The molecule has 3 N–H and O–H groups in total. The Bertz CT molecular complexity index is 2890. The van der Waals surface area contributed by atoms with Crippen molar-refractivity contribution in [1.82, 2.24) is 48.4 Å². The fourth-order valence-electron chi connectivity index (χ4n) is 8.73. The normalized spacial score (nSPS) is 22.2. The molecule has 4 aromatic heterocycles. The second-order valence-electron chi connectivity index (χ2n) is 20.1. The highest BCUT2D eigenvalue weighted by molar-refractivity contribution is 7.44. The standard InChI is InChI=1S/C27H35FN7O4P.C24H37FN7O5P/c1-17(2)35(18(3)4)40(37-13-12-29-6)38-14-21-19(5)22(28)27(39-21)34-16-32-23-24(30-15-31-25(23)34)33-26(36)20-10-8-7-9-11-20;1-13(2)21(33)29-24-28-20-19(22(34)30-24)27-12-31(20)23-18(25)16(7)17(37-23)11-36-38(35-10-9-26-8)32(14(3)4)15(5)6/h7-11,15-19,21-22,27H,12-14H2,1-5H3,(H,30,31,33,36);12-18,23H,9-11H2,1-7H3,(H2,28,29,30,33,34)/t19-,21-,22-,27-,40?;16-,17-,18-,23-,38?/m11/s1. The first-order valence-corrected chi connectivity index (χ1v) is 28.2. The number of hydrogen-bond acceptors (Lipinski definition) is 16. The van der Waals surface area contributed by atoms with E-state index in [2.05, 4.69) is 87.3 Å². The Kier molecular flexibility index (Phi) is 22.6. The minimum Gasteiger partial charge on any atom is -0.349 e. The van der Waals surface area contributed by atoms with Crippen LogP contribution in [-0.2, 0) is 32.4 Å². The lowest BCUT2D eigenvalue weighted by Gasteiger charge is -2.35. The van der Waals surface area contributed by atoms with E-state index in [0.717, 1.165) is 0 Å². The summed E-state index contributed by atoms with van der Waals surface area (Å²) in [5.41, 5.74) is 0.701. The summed E-state index contributed by atoms with van der Waals surface area (Å²) in [6.07, 6.45) is -1.96. The summed E-state index contributed by atoms with van der Waals surface area (Å²) in [6, 6.07) is 9.31. The number of aromatic nitrogens is 8. The number of H-pyrrole nitrogens is 1. The lowest BCUT2D eigenvalue weighted by Crippen LogP contribution is -2.35. The molecule has 0 aliphatic carbocycles. The van der Waals surface area contributed by atoms with Crippen LogP contribution >= 0.6 is 17.1 Å². The van der Waals surface area contributed by atoms with Crippen LogP contribution in [0.5, 0.6) is 0 Å². The van der Waals surface area contributed by atoms with Gasteiger partial charge in [-0.25, -0.2) is 51.2 Å². The van der Waals surface area contributed by atoms with E-state index in [0.29, 0.717) is 16.7 Å². The van der Waals surface area contributed by atoms with E-state index in [9.17, 15) is 14.4 Å². The SMILES string of the molecule is [C-]#[N+]CCOP(OC[C@H]1O[C@@H](n2cnc3c(=O)[nH]c(NC(=O)C(C)C)nc32)[C@H](F)[C@@H]1C)N(C(C)C)C(C)C.[C-]#[N+]CCOP(OC[C@H]1O[C@@H](n2cnc3c(NC(=O)c4ccccc4)ncnc32)[C@H](F)[C@@H]1C)N(C(C)C)C(C)C. The Hall–Kier alpha value is -5.56. The van der Waals surface area contributed by atoms with Crippen molar-refractivity contribution in [3.8, 4) is 0 Å². The Labute approximate surface area is 456 Å². The number of carbonyl (C=O) groups is 2. The van der Waals surface area contributed by atoms with Crippen LogP contribution < -0.4 is 16.2 Å². The van der Waals surface area contributed by atoms with Crippen LogP contribution in [0.2, 0.25) is 0 Å². The minimum atomic E-state index is -1.50. The predicted molar refractivity (Wildman–Crippen MR) is 292 cm³/mol. The number of nitrogens with zero attached hydrogens (tertiary/aromatic N) is 11. The van der Waals surface area contributed by atoms with Gasteiger partial charge in [0.25, 0.3) is 28.5 Å². The molecule has 2 fully saturated rings. The molecule has 6 heterocycles. The number of anilines is 2. The molecule has 0 bridgehead atoms. The number of aromatic amines is 1. The van der Waals surface area contributed by atoms with Crippen molar-refractivity contribution < 1.29 is 45.9 Å². The van der Waals surface area contributed by atoms with Crippen LogP contribution in [-0.4, -0.2) is 148 Å². The van der Waals surface area contributed by atoms with Crippen LogP contribution in [0, 0.1) is 30.9 Å². The fraction of sp³-hybridized carbons (Fsp3) is 0.608. The van der Waals surface area contributed by atoms with Gasteiger partial charge in [-0.1, -0.05) is 45.9 Å². The lowest BCUT2D eigenvalue weighted by molar-refractivity contribution is -0.118. The van der Waals surface area contributed by atoms with Crippen LogP contribution in [0.1, 0.15) is 106 Å². The molecule has 2 aliphatic heterocycles. The van der Waals surface area contributed by atoms with Gasteiger partial charge in [-0.2, -0.15) is 4.98 Å². The molecule has 0 spiro atoms. The predicted octanol–water partition coefficient (Wildman–Crippen LogP) is 9.13. The molecular weight excluding hydrogens is 1050 g/mol. The van der Waals surface area contributed by atoms with Gasteiger partial charge in [-0.3, -0.25) is 33.8 Å². The number of nitrogens with one attached hydrogen (secondary N) is 3. The number of rotatable bonds is 24. The van der Waals surface area contributed by atoms with Gasteiger partial charge in [-0.05, 0) is 67.5 Å². The Morgan fingerprint density at radius 1 is 0.718 bits per heavy atom. The number of fused-ring (bicyclic) bond motifs is 2. The van der Waals surface area contributed by atoms with Gasteiger partial charge in [0.15, 0.2) is 52.9 Å². The van der Waals surface area contributed by atoms with Gasteiger partial charge in [0, 0.05) is 47.5 Å². The van der Waals surface area contributed by atoms with Crippen molar-refractivity contribution in [3.05, 3.63) is 88.1 Å². The highest BCUT2D eigenvalue weighted by Gasteiger charge is 2.46. The van der Waals surface area contributed by atoms with Crippen LogP contribution in [0.15, 0.2) is 54.1 Å². The quantitative estimate of drug-likeness (QED) is 0.0297. The Balaban J connectivity index is 0.000000253. The molecular formula is C51H72F2N14O9P2. The smallest absolute Gasteiger partial charge is 0.280 e. The highest BCUT2D eigenvalue weighted by Crippen LogP contribution is 2.49. The van der Waals surface area contributed by atoms with Crippen molar-refractivity contribution in [2.75, 3.05) is 50.2 Å². The van der Waals surface area contributed by atoms with E-state index in [1.165, 1.54) is 28.1 Å². The number of halogens is 2. The van der Waals surface area contributed by atoms with Crippen molar-refractivity contribution in [2.24, 2.45) is 17.8 Å². The van der Waals surface area contributed by atoms with E-state index in [1.54, 1.807) is 52.0 Å². The number of imidazole rings is 2. The Morgan fingerprint density at radius 2 is 1.21 bits per heavy atom. The van der Waals surface area contributed by atoms with Gasteiger partial charge < -0.3 is 42.6 Å². The zero-order valence-electron chi connectivity index (χ0n) is 46.1. The zero-order chi connectivity index (χ0) is 57.0. The molecule has 424 valence electrons. The van der Waals surface area contributed by atoms with Crippen molar-refractivity contribution >= 4 is 63.0 Å². The Morgan fingerprint density at radius 3 is 1.68 bits per heavy atom. The number of alkyl halides is 2. The number of ether oxygens (including phenoxy) is 2. The summed E-state index contributed by atoms with van der Waals surface area (Å²) in [7, 11) is -2.98. The van der Waals surface area contributed by atoms with Gasteiger partial charge in [0.2, 0.25) is 24.9 Å². The largest absolute Gasteiger partial charge is 0.349 e. The summed E-state index contributed by atoms with van der Waals surface area (Å²) < 4.78 is 74.8. The first-order valence-electron chi connectivity index (χ1n) is 25.9. The molecule has 78 heavy (non-hydrogen) atoms. The molecule has 1 aromatic carbocycles. The molecule has 2 amide bonds. The molecule has 0 radical (unpaired) electrons. The van der Waals surface area contributed by atoms with Crippen molar-refractivity contribution in [3.63, 3.8) is 0 Å². The van der Waals surface area contributed by atoms with Crippen molar-refractivity contribution in [1.29, 1.82) is 0 Å². The topological polar surface area (TPSA) is 236 Å². The number of hydrogen-bond donors (Lipinski definition) is 3. The van der Waals surface area contributed by atoms with Crippen LogP contribution in [0.3, 0.4) is 0 Å². The molecule has 10 atom stereocenters. The number of carbonyl (C=O) groups excluding carboxylic acids is 2. The van der Waals surface area contributed by atoms with E-state index < -0.39 is 71.5 Å². The van der Waals surface area contributed by atoms with E-state index in [4.69, 9.17) is 40.7 Å². The molecule has 2 saturated heterocycles. The average molecular weight is 1130 g/mol. The zero-order valence-corrected chi connectivity index (χ0v) is 47.9. The summed E-state index contributed by atoms with van der Waals surface area (Å²) in [6.45, 7) is 38.5. The van der Waals surface area contributed by atoms with Gasteiger partial charge in [-0.15, -0.1) is 0 Å². The summed E-state index contributed by atoms with van der Waals surface area (Å²) in [5, 5.41) is 5.32. The molecule has 2 aliphatic rings. The first kappa shape index (κ1) is 61.6. The second kappa shape index (κ2) is 28.5. The molecule has 0 saturated carbocycles. The molecule has 7 rings (SSSR count). The molecule has 2 unspecified atom stereocenters. The van der Waals surface area contributed by atoms with E-state index in [-0.39, 0.29) is 104 Å². The second-order valence-corrected chi connectivity index (χ2v) is 23.0. The maximum absolute atomic E-state index is 15.6. The number of amides is 2. The highest BCUT2D eigenvalue weighted by atomic mass is 31.2. The molecule has 5 aromatic rings. The van der Waals surface area contributed by atoms with Gasteiger partial charge in [0.1, 0.15) is 19.5 Å². The van der Waals surface area contributed by atoms with Gasteiger partial charge >= 0.3 is 0 Å². The van der Waals surface area contributed by atoms with Crippen molar-refractivity contribution in [2.45, 2.75) is 144 Å². The molecule has 23 nitrogen and oxygen atoms in total. The third-order valence-electron chi connectivity index (χ3n) is 12.7. The maximum Gasteiger partial charge on any atom is 0.280 e. The fourth-order valence-corrected chi connectivity index (χ4v) is 11.9. The summed E-state index contributed by atoms with van der Waals surface area (Å²) in [4.78, 5) is 67.8. The lowest BCUT2D eigenvalue weighted by atomic mass is 10.0. The van der Waals surface area contributed by atoms with Crippen LogP contribution in [0.25, 0.3) is 32.0 Å².